The molecule has 0 spiro atoms. The van der Waals surface area contributed by atoms with Crippen molar-refractivity contribution in [3.8, 4) is 5.75 Å². The van der Waals surface area contributed by atoms with Crippen LogP contribution < -0.4 is 5.32 Å². The molecule has 0 atom stereocenters. The van der Waals surface area contributed by atoms with Crippen molar-refractivity contribution >= 4 is 16.6 Å². The SMILES string of the molecule is Cc1cc(O)ccc1NCc1c[nH]c2ccccc12. The van der Waals surface area contributed by atoms with Gasteiger partial charge in [0.15, 0.2) is 0 Å². The van der Waals surface area contributed by atoms with E-state index in [1.54, 1.807) is 12.1 Å². The molecule has 0 amide bonds. The molecule has 0 saturated heterocycles. The van der Waals surface area contributed by atoms with Gasteiger partial charge in [0, 0.05) is 29.3 Å². The predicted octanol–water partition coefficient (Wildman–Crippen LogP) is 3.79. The number of benzene rings is 2. The number of anilines is 1. The van der Waals surface area contributed by atoms with Gasteiger partial charge in [-0.3, -0.25) is 0 Å². The van der Waals surface area contributed by atoms with Gasteiger partial charge < -0.3 is 15.4 Å². The van der Waals surface area contributed by atoms with Crippen LogP contribution in [0.15, 0.2) is 48.7 Å². The van der Waals surface area contributed by atoms with Crippen LogP contribution in [-0.4, -0.2) is 10.1 Å². The summed E-state index contributed by atoms with van der Waals surface area (Å²) in [5.41, 5.74) is 4.48. The largest absolute Gasteiger partial charge is 0.508 e. The van der Waals surface area contributed by atoms with Crippen LogP contribution in [0.3, 0.4) is 0 Å². The number of nitrogens with one attached hydrogen (secondary N) is 2. The number of H-pyrrole nitrogens is 1. The number of aromatic nitrogens is 1. The summed E-state index contributed by atoms with van der Waals surface area (Å²) in [5, 5.41) is 14.0. The fourth-order valence-electron chi connectivity index (χ4n) is 2.31. The zero-order valence-electron chi connectivity index (χ0n) is 10.8. The van der Waals surface area contributed by atoms with E-state index in [1.165, 1.54) is 10.9 Å². The second-order valence-corrected chi connectivity index (χ2v) is 4.71. The third kappa shape index (κ3) is 2.27. The molecule has 3 nitrogen and oxygen atoms in total. The fraction of sp³-hybridized carbons (Fsp3) is 0.125. The number of aromatic amines is 1. The first-order chi connectivity index (χ1) is 9.24. The Kier molecular flexibility index (Phi) is 2.88. The Bertz CT molecular complexity index is 716. The maximum atomic E-state index is 9.40. The maximum Gasteiger partial charge on any atom is 0.115 e. The van der Waals surface area contributed by atoms with E-state index in [9.17, 15) is 5.11 Å². The molecule has 0 aliphatic heterocycles. The molecule has 3 N–H and O–H groups in total. The van der Waals surface area contributed by atoms with E-state index in [2.05, 4.69) is 22.4 Å². The number of phenolic OH excluding ortho intramolecular Hbond substituents is 1. The summed E-state index contributed by atoms with van der Waals surface area (Å²) in [6, 6.07) is 13.6. The Morgan fingerprint density at radius 3 is 2.84 bits per heavy atom. The summed E-state index contributed by atoms with van der Waals surface area (Å²) >= 11 is 0. The monoisotopic (exact) mass is 252 g/mol. The lowest BCUT2D eigenvalue weighted by Gasteiger charge is -2.09. The van der Waals surface area contributed by atoms with Crippen molar-refractivity contribution in [3.63, 3.8) is 0 Å². The molecule has 0 fully saturated rings. The summed E-state index contributed by atoms with van der Waals surface area (Å²) in [5.74, 6) is 0.301. The average molecular weight is 252 g/mol. The van der Waals surface area contributed by atoms with E-state index in [4.69, 9.17) is 0 Å². The first kappa shape index (κ1) is 11.7. The van der Waals surface area contributed by atoms with Crippen molar-refractivity contribution in [2.24, 2.45) is 0 Å². The van der Waals surface area contributed by atoms with Crippen LogP contribution in [0.5, 0.6) is 5.75 Å². The molecule has 0 bridgehead atoms. The van der Waals surface area contributed by atoms with Gasteiger partial charge in [0.1, 0.15) is 5.75 Å². The number of aryl methyl sites for hydroxylation is 1. The molecule has 3 aromatic rings. The van der Waals surface area contributed by atoms with E-state index in [0.717, 1.165) is 23.3 Å². The van der Waals surface area contributed by atoms with Crippen LogP contribution in [0.4, 0.5) is 5.69 Å². The number of para-hydroxylation sites is 1. The second-order valence-electron chi connectivity index (χ2n) is 4.71. The molecule has 3 rings (SSSR count). The van der Waals surface area contributed by atoms with Crippen molar-refractivity contribution in [2.75, 3.05) is 5.32 Å². The number of hydrogen-bond donors (Lipinski definition) is 3. The van der Waals surface area contributed by atoms with Crippen LogP contribution in [0, 0.1) is 6.92 Å². The average Bonchev–Trinajstić information content (AvgIpc) is 2.81. The van der Waals surface area contributed by atoms with Crippen LogP contribution in [0.25, 0.3) is 10.9 Å². The highest BCUT2D eigenvalue weighted by Gasteiger charge is 2.04. The third-order valence-corrected chi connectivity index (χ3v) is 3.35. The minimum Gasteiger partial charge on any atom is -0.508 e. The van der Waals surface area contributed by atoms with Crippen LogP contribution in [0.2, 0.25) is 0 Å². The highest BCUT2D eigenvalue weighted by atomic mass is 16.3. The number of aromatic hydroxyl groups is 1. The first-order valence-electron chi connectivity index (χ1n) is 6.32. The van der Waals surface area contributed by atoms with Gasteiger partial charge in [-0.15, -0.1) is 0 Å². The molecule has 1 aromatic heterocycles. The molecule has 1 heterocycles. The Hall–Kier alpha value is -2.42. The summed E-state index contributed by atoms with van der Waals surface area (Å²) in [7, 11) is 0. The van der Waals surface area contributed by atoms with E-state index in [-0.39, 0.29) is 0 Å². The van der Waals surface area contributed by atoms with Gasteiger partial charge in [0.2, 0.25) is 0 Å². The van der Waals surface area contributed by atoms with E-state index < -0.39 is 0 Å². The topological polar surface area (TPSA) is 48.0 Å². The van der Waals surface area contributed by atoms with Crippen molar-refractivity contribution in [3.05, 3.63) is 59.8 Å². The van der Waals surface area contributed by atoms with Crippen molar-refractivity contribution < 1.29 is 5.11 Å². The summed E-state index contributed by atoms with van der Waals surface area (Å²) in [4.78, 5) is 3.27. The smallest absolute Gasteiger partial charge is 0.115 e. The van der Waals surface area contributed by atoms with Gasteiger partial charge in [-0.05, 0) is 42.3 Å². The lowest BCUT2D eigenvalue weighted by molar-refractivity contribution is 0.475. The molecular formula is C16H16N2O. The van der Waals surface area contributed by atoms with E-state index >= 15 is 0 Å². The Morgan fingerprint density at radius 2 is 2.00 bits per heavy atom. The van der Waals surface area contributed by atoms with Crippen LogP contribution in [0.1, 0.15) is 11.1 Å². The zero-order chi connectivity index (χ0) is 13.2. The van der Waals surface area contributed by atoms with Crippen molar-refractivity contribution in [2.45, 2.75) is 13.5 Å². The highest BCUT2D eigenvalue weighted by Crippen LogP contribution is 2.23. The van der Waals surface area contributed by atoms with Crippen molar-refractivity contribution in [1.29, 1.82) is 0 Å². The molecule has 0 unspecified atom stereocenters. The molecular weight excluding hydrogens is 236 g/mol. The molecule has 0 aliphatic rings. The highest BCUT2D eigenvalue weighted by molar-refractivity contribution is 5.83. The summed E-state index contributed by atoms with van der Waals surface area (Å²) in [6.07, 6.45) is 2.04. The number of hydrogen-bond acceptors (Lipinski definition) is 2. The minimum absolute atomic E-state index is 0.301. The molecule has 0 radical (unpaired) electrons. The molecule has 3 heteroatoms. The van der Waals surface area contributed by atoms with Gasteiger partial charge in [-0.2, -0.15) is 0 Å². The Balaban J connectivity index is 1.82. The Labute approximate surface area is 111 Å². The van der Waals surface area contributed by atoms with Crippen LogP contribution >= 0.6 is 0 Å². The molecule has 2 aromatic carbocycles. The van der Waals surface area contributed by atoms with Gasteiger partial charge in [-0.1, -0.05) is 18.2 Å². The van der Waals surface area contributed by atoms with Gasteiger partial charge in [0.05, 0.1) is 0 Å². The van der Waals surface area contributed by atoms with E-state index in [0.29, 0.717) is 5.75 Å². The Morgan fingerprint density at radius 1 is 1.16 bits per heavy atom. The molecule has 0 aliphatic carbocycles. The van der Waals surface area contributed by atoms with Gasteiger partial charge in [-0.25, -0.2) is 0 Å². The summed E-state index contributed by atoms with van der Waals surface area (Å²) in [6.45, 7) is 2.74. The standard InChI is InChI=1S/C16H16N2O/c1-11-8-13(19)6-7-15(11)17-9-12-10-18-16-5-3-2-4-14(12)16/h2-8,10,17-19H,9H2,1H3. The lowest BCUT2D eigenvalue weighted by atomic mass is 10.1. The van der Waals surface area contributed by atoms with Gasteiger partial charge in [0.25, 0.3) is 0 Å². The first-order valence-corrected chi connectivity index (χ1v) is 6.32. The molecule has 19 heavy (non-hydrogen) atoms. The maximum absolute atomic E-state index is 9.40. The number of phenols is 1. The zero-order valence-corrected chi connectivity index (χ0v) is 10.8. The second kappa shape index (κ2) is 4.69. The van der Waals surface area contributed by atoms with Gasteiger partial charge >= 0.3 is 0 Å². The third-order valence-electron chi connectivity index (χ3n) is 3.35. The normalized spacial score (nSPS) is 10.8. The lowest BCUT2D eigenvalue weighted by Crippen LogP contribution is -2.00. The quantitative estimate of drug-likeness (QED) is 0.621. The predicted molar refractivity (Wildman–Crippen MR) is 78.5 cm³/mol. The fourth-order valence-corrected chi connectivity index (χ4v) is 2.31. The number of rotatable bonds is 3. The van der Waals surface area contributed by atoms with Crippen LogP contribution in [-0.2, 0) is 6.54 Å². The van der Waals surface area contributed by atoms with Crippen molar-refractivity contribution in [1.82, 2.24) is 4.98 Å². The number of fused-ring (bicyclic) bond motifs is 1. The van der Waals surface area contributed by atoms with E-state index in [1.807, 2.05) is 31.3 Å². The molecule has 0 saturated carbocycles. The minimum atomic E-state index is 0.301. The molecule has 96 valence electrons. The summed E-state index contributed by atoms with van der Waals surface area (Å²) < 4.78 is 0.